The van der Waals surface area contributed by atoms with E-state index in [1.807, 2.05) is 38.1 Å². The number of carbonyl (C=O) groups is 2. The molecule has 1 atom stereocenters. The van der Waals surface area contributed by atoms with E-state index < -0.39 is 5.41 Å². The summed E-state index contributed by atoms with van der Waals surface area (Å²) in [6.07, 6.45) is 1.05. The maximum atomic E-state index is 12.3. The Morgan fingerprint density at radius 1 is 1.30 bits per heavy atom. The van der Waals surface area contributed by atoms with E-state index in [-0.39, 0.29) is 11.9 Å². The number of nitrogens with zero attached hydrogens (tertiary/aromatic N) is 1. The van der Waals surface area contributed by atoms with Gasteiger partial charge in [-0.2, -0.15) is 0 Å². The number of aryl methyl sites for hydroxylation is 1. The fraction of sp³-hybridized carbons (Fsp3) is 0.500. The molecular weight excluding hydrogens is 254 g/mol. The molecule has 1 amide bonds. The van der Waals surface area contributed by atoms with Gasteiger partial charge in [0, 0.05) is 13.1 Å². The SMILES string of the molecule is COC(=O)C1(C)CCN(C(=O)Cc2ccc(C)cc2)C1. The third kappa shape index (κ3) is 3.00. The predicted octanol–water partition coefficient (Wildman–Crippen LogP) is 1.95. The molecule has 20 heavy (non-hydrogen) atoms. The Bertz CT molecular complexity index is 509. The molecule has 1 fully saturated rings. The lowest BCUT2D eigenvalue weighted by Gasteiger charge is -2.21. The van der Waals surface area contributed by atoms with Crippen molar-refractivity contribution in [3.63, 3.8) is 0 Å². The Balaban J connectivity index is 1.98. The molecule has 1 aromatic carbocycles. The number of hydrogen-bond donors (Lipinski definition) is 0. The minimum atomic E-state index is -0.558. The van der Waals surface area contributed by atoms with Crippen LogP contribution >= 0.6 is 0 Å². The summed E-state index contributed by atoms with van der Waals surface area (Å²) in [4.78, 5) is 25.8. The molecular formula is C16H21NO3. The summed E-state index contributed by atoms with van der Waals surface area (Å²) in [5, 5.41) is 0. The average Bonchev–Trinajstić information content (AvgIpc) is 2.84. The van der Waals surface area contributed by atoms with E-state index in [0.29, 0.717) is 25.9 Å². The van der Waals surface area contributed by atoms with E-state index in [4.69, 9.17) is 4.74 Å². The van der Waals surface area contributed by atoms with Crippen molar-refractivity contribution in [3.8, 4) is 0 Å². The summed E-state index contributed by atoms with van der Waals surface area (Å²) in [6.45, 7) is 4.95. The topological polar surface area (TPSA) is 46.6 Å². The molecule has 1 aliphatic rings. The van der Waals surface area contributed by atoms with Crippen molar-refractivity contribution in [3.05, 3.63) is 35.4 Å². The average molecular weight is 275 g/mol. The van der Waals surface area contributed by atoms with Gasteiger partial charge in [0.2, 0.25) is 5.91 Å². The Morgan fingerprint density at radius 2 is 1.95 bits per heavy atom. The normalized spacial score (nSPS) is 21.9. The fourth-order valence-corrected chi connectivity index (χ4v) is 2.58. The zero-order valence-electron chi connectivity index (χ0n) is 12.3. The van der Waals surface area contributed by atoms with Crippen LogP contribution in [0.4, 0.5) is 0 Å². The van der Waals surface area contributed by atoms with Gasteiger partial charge in [0.05, 0.1) is 18.9 Å². The van der Waals surface area contributed by atoms with Crippen molar-refractivity contribution in [2.24, 2.45) is 5.41 Å². The van der Waals surface area contributed by atoms with E-state index in [1.54, 1.807) is 4.90 Å². The second kappa shape index (κ2) is 5.65. The molecule has 108 valence electrons. The van der Waals surface area contributed by atoms with Gasteiger partial charge < -0.3 is 9.64 Å². The molecule has 0 saturated carbocycles. The number of hydrogen-bond acceptors (Lipinski definition) is 3. The third-order valence-electron chi connectivity index (χ3n) is 3.98. The van der Waals surface area contributed by atoms with Crippen LogP contribution in [0.5, 0.6) is 0 Å². The molecule has 4 heteroatoms. The molecule has 2 rings (SSSR count). The lowest BCUT2D eigenvalue weighted by atomic mass is 9.90. The van der Waals surface area contributed by atoms with Crippen LogP contribution < -0.4 is 0 Å². The smallest absolute Gasteiger partial charge is 0.313 e. The highest BCUT2D eigenvalue weighted by atomic mass is 16.5. The fourth-order valence-electron chi connectivity index (χ4n) is 2.58. The Hall–Kier alpha value is -1.84. The van der Waals surface area contributed by atoms with Crippen LogP contribution in [0.2, 0.25) is 0 Å². The molecule has 4 nitrogen and oxygen atoms in total. The van der Waals surface area contributed by atoms with Gasteiger partial charge >= 0.3 is 5.97 Å². The maximum Gasteiger partial charge on any atom is 0.313 e. The first kappa shape index (κ1) is 14.6. The number of ether oxygens (including phenoxy) is 1. The van der Waals surface area contributed by atoms with Crippen LogP contribution in [0, 0.1) is 12.3 Å². The zero-order chi connectivity index (χ0) is 14.8. The van der Waals surface area contributed by atoms with Gasteiger partial charge in [-0.1, -0.05) is 29.8 Å². The van der Waals surface area contributed by atoms with Gasteiger partial charge in [-0.25, -0.2) is 0 Å². The molecule has 1 aliphatic heterocycles. The van der Waals surface area contributed by atoms with Crippen LogP contribution in [0.1, 0.15) is 24.5 Å². The highest BCUT2D eigenvalue weighted by Crippen LogP contribution is 2.31. The van der Waals surface area contributed by atoms with E-state index in [2.05, 4.69) is 0 Å². The summed E-state index contributed by atoms with van der Waals surface area (Å²) >= 11 is 0. The number of amides is 1. The van der Waals surface area contributed by atoms with Gasteiger partial charge in [-0.05, 0) is 25.8 Å². The number of rotatable bonds is 3. The van der Waals surface area contributed by atoms with Crippen LogP contribution in [-0.4, -0.2) is 37.0 Å². The Labute approximate surface area is 119 Å². The first-order chi connectivity index (χ1) is 9.44. The van der Waals surface area contributed by atoms with Crippen LogP contribution in [0.25, 0.3) is 0 Å². The van der Waals surface area contributed by atoms with Gasteiger partial charge in [0.1, 0.15) is 0 Å². The summed E-state index contributed by atoms with van der Waals surface area (Å²) in [5.41, 5.74) is 1.63. The summed E-state index contributed by atoms with van der Waals surface area (Å²) in [7, 11) is 1.39. The summed E-state index contributed by atoms with van der Waals surface area (Å²) in [5.74, 6) is -0.162. The number of esters is 1. The van der Waals surface area contributed by atoms with Crippen molar-refractivity contribution >= 4 is 11.9 Å². The minimum Gasteiger partial charge on any atom is -0.469 e. The van der Waals surface area contributed by atoms with Crippen LogP contribution in [0.15, 0.2) is 24.3 Å². The lowest BCUT2D eigenvalue weighted by molar-refractivity contribution is -0.151. The molecule has 0 aliphatic carbocycles. The van der Waals surface area contributed by atoms with Crippen LogP contribution in [0.3, 0.4) is 0 Å². The highest BCUT2D eigenvalue weighted by molar-refractivity contribution is 5.82. The molecule has 0 spiro atoms. The van der Waals surface area contributed by atoms with E-state index >= 15 is 0 Å². The highest BCUT2D eigenvalue weighted by Gasteiger charge is 2.42. The third-order valence-corrected chi connectivity index (χ3v) is 3.98. The molecule has 0 N–H and O–H groups in total. The largest absolute Gasteiger partial charge is 0.469 e. The molecule has 0 bridgehead atoms. The van der Waals surface area contributed by atoms with Crippen molar-refractivity contribution in [2.45, 2.75) is 26.7 Å². The second-order valence-corrected chi connectivity index (χ2v) is 5.78. The second-order valence-electron chi connectivity index (χ2n) is 5.78. The summed E-state index contributed by atoms with van der Waals surface area (Å²) in [6, 6.07) is 7.96. The quantitative estimate of drug-likeness (QED) is 0.792. The number of carbonyl (C=O) groups excluding carboxylic acids is 2. The van der Waals surface area contributed by atoms with E-state index in [1.165, 1.54) is 12.7 Å². The van der Waals surface area contributed by atoms with Gasteiger partial charge in [-0.3, -0.25) is 9.59 Å². The van der Waals surface area contributed by atoms with Crippen molar-refractivity contribution < 1.29 is 14.3 Å². The van der Waals surface area contributed by atoms with Gasteiger partial charge in [0.25, 0.3) is 0 Å². The van der Waals surface area contributed by atoms with Gasteiger partial charge in [0.15, 0.2) is 0 Å². The van der Waals surface area contributed by atoms with E-state index in [9.17, 15) is 9.59 Å². The molecule has 1 saturated heterocycles. The molecule has 1 unspecified atom stereocenters. The van der Waals surface area contributed by atoms with Crippen molar-refractivity contribution in [2.75, 3.05) is 20.2 Å². The summed E-state index contributed by atoms with van der Waals surface area (Å²) < 4.78 is 4.82. The van der Waals surface area contributed by atoms with Crippen molar-refractivity contribution in [1.82, 2.24) is 4.90 Å². The monoisotopic (exact) mass is 275 g/mol. The maximum absolute atomic E-state index is 12.3. The Morgan fingerprint density at radius 3 is 2.55 bits per heavy atom. The van der Waals surface area contributed by atoms with Crippen molar-refractivity contribution in [1.29, 1.82) is 0 Å². The first-order valence-electron chi connectivity index (χ1n) is 6.86. The van der Waals surface area contributed by atoms with E-state index in [0.717, 1.165) is 5.56 Å². The minimum absolute atomic E-state index is 0.0708. The first-order valence-corrected chi connectivity index (χ1v) is 6.86. The standard InChI is InChI=1S/C16H21NO3/c1-12-4-6-13(7-5-12)10-14(18)17-9-8-16(2,11-17)15(19)20-3/h4-7H,8-11H2,1-3H3. The predicted molar refractivity (Wildman–Crippen MR) is 76.2 cm³/mol. The van der Waals surface area contributed by atoms with Crippen LogP contribution in [-0.2, 0) is 20.7 Å². The van der Waals surface area contributed by atoms with Gasteiger partial charge in [-0.15, -0.1) is 0 Å². The zero-order valence-corrected chi connectivity index (χ0v) is 12.3. The molecule has 1 aromatic rings. The number of methoxy groups -OCH3 is 1. The molecule has 1 heterocycles. The number of likely N-dealkylation sites (tertiary alicyclic amines) is 1. The molecule has 0 radical (unpaired) electrons. The lowest BCUT2D eigenvalue weighted by Crippen LogP contribution is -2.36. The Kier molecular flexibility index (Phi) is 4.12. The number of benzene rings is 1. The molecule has 0 aromatic heterocycles.